The van der Waals surface area contributed by atoms with Gasteiger partial charge in [0, 0.05) is 19.2 Å². The van der Waals surface area contributed by atoms with Crippen LogP contribution in [0.15, 0.2) is 6.20 Å². The highest BCUT2D eigenvalue weighted by atomic mass is 35.5. The van der Waals surface area contributed by atoms with Crippen molar-refractivity contribution >= 4 is 17.6 Å². The van der Waals surface area contributed by atoms with Gasteiger partial charge in [-0.15, -0.1) is 0 Å². The molecule has 1 aromatic heterocycles. The Morgan fingerprint density at radius 1 is 1.56 bits per heavy atom. The van der Waals surface area contributed by atoms with E-state index in [1.54, 1.807) is 6.20 Å². The van der Waals surface area contributed by atoms with E-state index in [1.807, 2.05) is 20.8 Å². The zero-order valence-electron chi connectivity index (χ0n) is 10.7. The number of aromatic nitrogens is 2. The van der Waals surface area contributed by atoms with Gasteiger partial charge in [-0.2, -0.15) is 0 Å². The van der Waals surface area contributed by atoms with Crippen LogP contribution in [0.5, 0.6) is 0 Å². The molecule has 2 heterocycles. The Bertz CT molecular complexity index is 471. The lowest BCUT2D eigenvalue weighted by atomic mass is 10.0. The number of hydrogen-bond acceptors (Lipinski definition) is 5. The van der Waals surface area contributed by atoms with Gasteiger partial charge in [0.1, 0.15) is 11.6 Å². The summed E-state index contributed by atoms with van der Waals surface area (Å²) in [6.45, 7) is 6.06. The number of carbonyl (C=O) groups excluding carboxylic acids is 1. The minimum atomic E-state index is -0.477. The van der Waals surface area contributed by atoms with Gasteiger partial charge in [0.05, 0.1) is 5.69 Å². The molecule has 0 saturated carbocycles. The summed E-state index contributed by atoms with van der Waals surface area (Å²) in [6.07, 6.45) is 2.20. The Balaban J connectivity index is 2.08. The van der Waals surface area contributed by atoms with Crippen LogP contribution in [0.1, 0.15) is 32.0 Å². The fourth-order valence-corrected chi connectivity index (χ4v) is 1.94. The maximum absolute atomic E-state index is 11.9. The second-order valence-electron chi connectivity index (χ2n) is 5.28. The van der Waals surface area contributed by atoms with Crippen molar-refractivity contribution in [3.63, 3.8) is 0 Å². The molecule has 0 fully saturated rings. The smallest absolute Gasteiger partial charge is 0.324 e. The van der Waals surface area contributed by atoms with Crippen LogP contribution < -0.4 is 5.32 Å². The van der Waals surface area contributed by atoms with Gasteiger partial charge in [0.25, 0.3) is 0 Å². The zero-order valence-corrected chi connectivity index (χ0v) is 11.4. The molecule has 98 valence electrons. The van der Waals surface area contributed by atoms with Gasteiger partial charge in [0.15, 0.2) is 0 Å². The lowest BCUT2D eigenvalue weighted by molar-refractivity contribution is -0.157. The second-order valence-corrected chi connectivity index (χ2v) is 5.62. The molecule has 1 N–H and O–H groups in total. The molecule has 1 aliphatic rings. The van der Waals surface area contributed by atoms with Crippen molar-refractivity contribution in [1.29, 1.82) is 0 Å². The van der Waals surface area contributed by atoms with Crippen molar-refractivity contribution in [2.45, 2.75) is 45.4 Å². The van der Waals surface area contributed by atoms with Gasteiger partial charge >= 0.3 is 5.97 Å². The molecule has 0 saturated heterocycles. The first-order valence-corrected chi connectivity index (χ1v) is 6.19. The van der Waals surface area contributed by atoms with Gasteiger partial charge in [-0.1, -0.05) is 0 Å². The van der Waals surface area contributed by atoms with Crippen LogP contribution in [0.3, 0.4) is 0 Å². The maximum atomic E-state index is 11.9. The van der Waals surface area contributed by atoms with Crippen LogP contribution in [0.25, 0.3) is 0 Å². The number of esters is 1. The first kappa shape index (κ1) is 13.2. The Hall–Kier alpha value is -1.20. The van der Waals surface area contributed by atoms with E-state index in [9.17, 15) is 4.79 Å². The van der Waals surface area contributed by atoms with E-state index in [-0.39, 0.29) is 17.3 Å². The number of rotatable bonds is 1. The van der Waals surface area contributed by atoms with E-state index in [0.717, 1.165) is 11.3 Å². The topological polar surface area (TPSA) is 64.1 Å². The monoisotopic (exact) mass is 269 g/mol. The maximum Gasteiger partial charge on any atom is 0.324 e. The summed E-state index contributed by atoms with van der Waals surface area (Å²) in [5, 5.41) is 3.33. The third-order valence-electron chi connectivity index (χ3n) is 2.56. The number of fused-ring (bicyclic) bond motifs is 1. The zero-order chi connectivity index (χ0) is 13.3. The number of hydrogen-bond donors (Lipinski definition) is 1. The van der Waals surface area contributed by atoms with Crippen molar-refractivity contribution in [2.24, 2.45) is 0 Å². The summed E-state index contributed by atoms with van der Waals surface area (Å²) >= 11 is 5.72. The SMILES string of the molecule is CC(C)(C)OC(=O)C1Cc2cnc(Cl)nc2CN1. The molecule has 0 spiro atoms. The van der Waals surface area contributed by atoms with Crippen LogP contribution >= 0.6 is 11.6 Å². The molecule has 0 bridgehead atoms. The van der Waals surface area contributed by atoms with E-state index in [1.165, 1.54) is 0 Å². The van der Waals surface area contributed by atoms with Gasteiger partial charge in [-0.3, -0.25) is 10.1 Å². The van der Waals surface area contributed by atoms with Crippen LogP contribution in [0.2, 0.25) is 5.28 Å². The highest BCUT2D eigenvalue weighted by molar-refractivity contribution is 6.28. The third kappa shape index (κ3) is 3.17. The Morgan fingerprint density at radius 3 is 2.94 bits per heavy atom. The largest absolute Gasteiger partial charge is 0.459 e. The van der Waals surface area contributed by atoms with Gasteiger partial charge in [-0.05, 0) is 37.9 Å². The van der Waals surface area contributed by atoms with E-state index in [2.05, 4.69) is 15.3 Å². The Labute approximate surface area is 111 Å². The lowest BCUT2D eigenvalue weighted by Gasteiger charge is -2.27. The molecule has 0 aliphatic carbocycles. The van der Waals surface area contributed by atoms with Crippen molar-refractivity contribution < 1.29 is 9.53 Å². The molecule has 0 radical (unpaired) electrons. The molecule has 1 aliphatic heterocycles. The summed E-state index contributed by atoms with van der Waals surface area (Å²) in [4.78, 5) is 20.0. The number of ether oxygens (including phenoxy) is 1. The van der Waals surface area contributed by atoms with Crippen LogP contribution in [-0.2, 0) is 22.5 Å². The minimum absolute atomic E-state index is 0.228. The predicted octanol–water partition coefficient (Wildman–Crippen LogP) is 1.49. The lowest BCUT2D eigenvalue weighted by Crippen LogP contribution is -2.45. The Morgan fingerprint density at radius 2 is 2.28 bits per heavy atom. The summed E-state index contributed by atoms with van der Waals surface area (Å²) in [7, 11) is 0. The standard InChI is InChI=1S/C12H16ClN3O2/c1-12(2,3)18-10(17)8-4-7-5-15-11(13)16-9(7)6-14-8/h5,8,14H,4,6H2,1-3H3. The third-order valence-corrected chi connectivity index (χ3v) is 2.74. The van der Waals surface area contributed by atoms with Crippen LogP contribution in [-0.4, -0.2) is 27.6 Å². The second kappa shape index (κ2) is 4.82. The molecule has 2 rings (SSSR count). The quantitative estimate of drug-likeness (QED) is 0.618. The summed E-state index contributed by atoms with van der Waals surface area (Å²) < 4.78 is 5.35. The van der Waals surface area contributed by atoms with Crippen molar-refractivity contribution in [3.05, 3.63) is 22.7 Å². The summed E-state index contributed by atoms with van der Waals surface area (Å²) in [5.74, 6) is -0.247. The van der Waals surface area contributed by atoms with Crippen molar-refractivity contribution in [1.82, 2.24) is 15.3 Å². The number of carbonyl (C=O) groups is 1. The van der Waals surface area contributed by atoms with Gasteiger partial charge in [-0.25, -0.2) is 9.97 Å². The molecule has 5 nitrogen and oxygen atoms in total. The van der Waals surface area contributed by atoms with Gasteiger partial charge < -0.3 is 4.74 Å². The first-order valence-electron chi connectivity index (χ1n) is 5.82. The molecular weight excluding hydrogens is 254 g/mol. The summed E-state index contributed by atoms with van der Waals surface area (Å²) in [5.41, 5.74) is 1.30. The van der Waals surface area contributed by atoms with Crippen molar-refractivity contribution in [3.8, 4) is 0 Å². The highest BCUT2D eigenvalue weighted by Gasteiger charge is 2.29. The average molecular weight is 270 g/mol. The van der Waals surface area contributed by atoms with E-state index < -0.39 is 5.60 Å². The number of nitrogens with one attached hydrogen (secondary N) is 1. The predicted molar refractivity (Wildman–Crippen MR) is 67.2 cm³/mol. The Kier molecular flexibility index (Phi) is 3.54. The average Bonchev–Trinajstić information content (AvgIpc) is 2.26. The molecule has 1 unspecified atom stereocenters. The first-order chi connectivity index (χ1) is 8.35. The van der Waals surface area contributed by atoms with Crippen LogP contribution in [0.4, 0.5) is 0 Å². The summed E-state index contributed by atoms with van der Waals surface area (Å²) in [6, 6.07) is -0.346. The molecule has 0 amide bonds. The molecular formula is C12H16ClN3O2. The molecule has 6 heteroatoms. The van der Waals surface area contributed by atoms with Crippen LogP contribution in [0, 0.1) is 0 Å². The van der Waals surface area contributed by atoms with E-state index in [0.29, 0.717) is 13.0 Å². The van der Waals surface area contributed by atoms with Gasteiger partial charge in [0.2, 0.25) is 5.28 Å². The molecule has 0 aromatic carbocycles. The van der Waals surface area contributed by atoms with E-state index >= 15 is 0 Å². The fourth-order valence-electron chi connectivity index (χ4n) is 1.79. The molecule has 18 heavy (non-hydrogen) atoms. The van der Waals surface area contributed by atoms with E-state index in [4.69, 9.17) is 16.3 Å². The van der Waals surface area contributed by atoms with Crippen molar-refractivity contribution in [2.75, 3.05) is 0 Å². The fraction of sp³-hybridized carbons (Fsp3) is 0.583. The number of nitrogens with zero attached hydrogens (tertiary/aromatic N) is 2. The molecule has 1 aromatic rings. The normalized spacial score (nSPS) is 19.2. The number of halogens is 1. The highest BCUT2D eigenvalue weighted by Crippen LogP contribution is 2.18. The molecule has 1 atom stereocenters. The minimum Gasteiger partial charge on any atom is -0.459 e.